The van der Waals surface area contributed by atoms with Gasteiger partial charge in [-0.3, -0.25) is 0 Å². The van der Waals surface area contributed by atoms with Gasteiger partial charge in [-0.15, -0.1) is 0 Å². The summed E-state index contributed by atoms with van der Waals surface area (Å²) in [6, 6.07) is 6.22. The first kappa shape index (κ1) is 12.5. The zero-order valence-electron chi connectivity index (χ0n) is 11.3. The van der Waals surface area contributed by atoms with Gasteiger partial charge in [0.15, 0.2) is 0 Å². The number of aryl methyl sites for hydroxylation is 1. The van der Waals surface area contributed by atoms with Crippen molar-refractivity contribution in [3.63, 3.8) is 0 Å². The molecule has 0 amide bonds. The second kappa shape index (κ2) is 4.85. The predicted octanol–water partition coefficient (Wildman–Crippen LogP) is 2.79. The van der Waals surface area contributed by atoms with Gasteiger partial charge in [-0.2, -0.15) is 0 Å². The monoisotopic (exact) mass is 259 g/mol. The summed E-state index contributed by atoms with van der Waals surface area (Å²) in [5, 5.41) is 10.4. The van der Waals surface area contributed by atoms with E-state index in [1.165, 1.54) is 12.0 Å². The Morgan fingerprint density at radius 1 is 1.26 bits per heavy atom. The number of aliphatic hydroxyl groups excluding tert-OH is 1. The van der Waals surface area contributed by atoms with Crippen LogP contribution in [-0.4, -0.2) is 20.8 Å². The Morgan fingerprint density at radius 2 is 2.05 bits per heavy atom. The largest absolute Gasteiger partial charge is 0.391 e. The number of fused-ring (bicyclic) bond motifs is 1. The van der Waals surface area contributed by atoms with Gasteiger partial charge in [-0.05, 0) is 37.5 Å². The molecule has 4 nitrogen and oxygen atoms in total. The minimum absolute atomic E-state index is 0.0642. The van der Waals surface area contributed by atoms with E-state index in [9.17, 15) is 5.11 Å². The Hall–Kier alpha value is -1.55. The van der Waals surface area contributed by atoms with E-state index in [1.54, 1.807) is 0 Å². The van der Waals surface area contributed by atoms with E-state index in [0.29, 0.717) is 5.95 Å². The second-order valence-electron chi connectivity index (χ2n) is 5.60. The average molecular weight is 259 g/mol. The van der Waals surface area contributed by atoms with Crippen LogP contribution in [0.4, 0.5) is 5.95 Å². The normalized spacial score (nSPS) is 24.5. The number of anilines is 1. The van der Waals surface area contributed by atoms with E-state index < -0.39 is 0 Å². The van der Waals surface area contributed by atoms with Gasteiger partial charge in [0.25, 0.3) is 0 Å². The number of aromatic nitrogens is 2. The fraction of sp³-hybridized carbons (Fsp3) is 0.533. The lowest BCUT2D eigenvalue weighted by Crippen LogP contribution is -2.24. The number of imidazole rings is 1. The maximum Gasteiger partial charge on any atom is 0.201 e. The minimum Gasteiger partial charge on any atom is -0.391 e. The summed E-state index contributed by atoms with van der Waals surface area (Å²) in [5.41, 5.74) is 9.24. The van der Waals surface area contributed by atoms with Crippen LogP contribution in [0.25, 0.3) is 11.0 Å². The predicted molar refractivity (Wildman–Crippen MR) is 77.0 cm³/mol. The average Bonchev–Trinajstić information content (AvgIpc) is 2.55. The molecule has 1 fully saturated rings. The molecule has 102 valence electrons. The lowest BCUT2D eigenvalue weighted by atomic mass is 10.1. The van der Waals surface area contributed by atoms with E-state index in [1.807, 2.05) is 16.7 Å². The molecule has 1 aliphatic rings. The van der Waals surface area contributed by atoms with Gasteiger partial charge in [-0.1, -0.05) is 25.3 Å². The third-order valence-corrected chi connectivity index (χ3v) is 4.15. The van der Waals surface area contributed by atoms with Crippen LogP contribution in [0, 0.1) is 6.92 Å². The highest BCUT2D eigenvalue weighted by Gasteiger charge is 2.26. The molecule has 0 bridgehead atoms. The minimum atomic E-state index is -0.317. The van der Waals surface area contributed by atoms with Gasteiger partial charge < -0.3 is 15.4 Å². The highest BCUT2D eigenvalue weighted by molar-refractivity contribution is 5.79. The number of rotatable bonds is 1. The van der Waals surface area contributed by atoms with Gasteiger partial charge in [0.1, 0.15) is 0 Å². The van der Waals surface area contributed by atoms with Gasteiger partial charge >= 0.3 is 0 Å². The molecule has 1 aromatic carbocycles. The second-order valence-corrected chi connectivity index (χ2v) is 5.60. The molecular formula is C15H21N3O. The van der Waals surface area contributed by atoms with E-state index in [2.05, 4.69) is 18.0 Å². The fourth-order valence-electron chi connectivity index (χ4n) is 3.14. The molecule has 1 aliphatic carbocycles. The molecule has 0 aliphatic heterocycles. The van der Waals surface area contributed by atoms with Crippen LogP contribution < -0.4 is 5.73 Å². The van der Waals surface area contributed by atoms with E-state index in [-0.39, 0.29) is 12.1 Å². The number of hydrogen-bond acceptors (Lipinski definition) is 3. The van der Waals surface area contributed by atoms with Crippen molar-refractivity contribution in [2.75, 3.05) is 5.73 Å². The topological polar surface area (TPSA) is 64.1 Å². The maximum absolute atomic E-state index is 10.4. The smallest absolute Gasteiger partial charge is 0.201 e. The molecule has 3 rings (SSSR count). The molecule has 0 spiro atoms. The number of nitrogens with two attached hydrogens (primary N) is 1. The standard InChI is InChI=1S/C15H21N3O/c1-10-7-8-11-13(9-10)18(15(16)17-11)12-5-3-2-4-6-14(12)19/h7-9,12,14,19H,2-6H2,1H3,(H2,16,17). The molecule has 1 heterocycles. The SMILES string of the molecule is Cc1ccc2nc(N)n(C3CCCCCC3O)c2c1. The van der Waals surface area contributed by atoms with E-state index >= 15 is 0 Å². The summed E-state index contributed by atoms with van der Waals surface area (Å²) in [6.45, 7) is 2.07. The lowest BCUT2D eigenvalue weighted by Gasteiger charge is -2.23. The van der Waals surface area contributed by atoms with Crippen LogP contribution in [0.3, 0.4) is 0 Å². The molecule has 2 unspecified atom stereocenters. The molecule has 1 aromatic heterocycles. The maximum atomic E-state index is 10.4. The zero-order chi connectivity index (χ0) is 13.4. The van der Waals surface area contributed by atoms with Crippen LogP contribution in [-0.2, 0) is 0 Å². The first-order valence-electron chi connectivity index (χ1n) is 7.09. The van der Waals surface area contributed by atoms with Crippen molar-refractivity contribution in [1.82, 2.24) is 9.55 Å². The van der Waals surface area contributed by atoms with Crippen molar-refractivity contribution in [3.05, 3.63) is 23.8 Å². The van der Waals surface area contributed by atoms with Gasteiger partial charge in [0.05, 0.1) is 23.2 Å². The lowest BCUT2D eigenvalue weighted by molar-refractivity contribution is 0.108. The third kappa shape index (κ3) is 2.21. The van der Waals surface area contributed by atoms with E-state index in [0.717, 1.165) is 36.7 Å². The fourth-order valence-corrected chi connectivity index (χ4v) is 3.14. The quantitative estimate of drug-likeness (QED) is 0.774. The summed E-state index contributed by atoms with van der Waals surface area (Å²) in [4.78, 5) is 4.42. The third-order valence-electron chi connectivity index (χ3n) is 4.15. The molecule has 2 aromatic rings. The molecule has 0 saturated heterocycles. The zero-order valence-corrected chi connectivity index (χ0v) is 11.3. The summed E-state index contributed by atoms with van der Waals surface area (Å²) in [7, 11) is 0. The van der Waals surface area contributed by atoms with Gasteiger partial charge in [0, 0.05) is 0 Å². The Balaban J connectivity index is 2.12. The Kier molecular flexibility index (Phi) is 3.19. The highest BCUT2D eigenvalue weighted by atomic mass is 16.3. The van der Waals surface area contributed by atoms with Crippen molar-refractivity contribution in [2.24, 2.45) is 0 Å². The van der Waals surface area contributed by atoms with Crippen molar-refractivity contribution in [3.8, 4) is 0 Å². The molecule has 19 heavy (non-hydrogen) atoms. The first-order valence-corrected chi connectivity index (χ1v) is 7.09. The Morgan fingerprint density at radius 3 is 2.89 bits per heavy atom. The summed E-state index contributed by atoms with van der Waals surface area (Å²) < 4.78 is 2.04. The van der Waals surface area contributed by atoms with Gasteiger partial charge in [-0.25, -0.2) is 4.98 Å². The van der Waals surface area contributed by atoms with Crippen LogP contribution in [0.5, 0.6) is 0 Å². The molecule has 2 atom stereocenters. The Bertz CT molecular complexity index is 590. The highest BCUT2D eigenvalue weighted by Crippen LogP contribution is 2.33. The van der Waals surface area contributed by atoms with Crippen molar-refractivity contribution < 1.29 is 5.11 Å². The first-order chi connectivity index (χ1) is 9.16. The summed E-state index contributed by atoms with van der Waals surface area (Å²) in [6.07, 6.45) is 4.96. The van der Waals surface area contributed by atoms with Crippen molar-refractivity contribution >= 4 is 17.0 Å². The van der Waals surface area contributed by atoms with Crippen molar-refractivity contribution in [2.45, 2.75) is 51.2 Å². The van der Waals surface area contributed by atoms with Crippen molar-refractivity contribution in [1.29, 1.82) is 0 Å². The molecular weight excluding hydrogens is 238 g/mol. The summed E-state index contributed by atoms with van der Waals surface area (Å²) >= 11 is 0. The van der Waals surface area contributed by atoms with Crippen LogP contribution in [0.15, 0.2) is 18.2 Å². The summed E-state index contributed by atoms with van der Waals surface area (Å²) in [5.74, 6) is 0.520. The number of nitrogens with zero attached hydrogens (tertiary/aromatic N) is 2. The molecule has 3 N–H and O–H groups in total. The van der Waals surface area contributed by atoms with Crippen LogP contribution in [0.2, 0.25) is 0 Å². The number of benzene rings is 1. The number of hydrogen-bond donors (Lipinski definition) is 2. The van der Waals surface area contributed by atoms with Gasteiger partial charge in [0.2, 0.25) is 5.95 Å². The van der Waals surface area contributed by atoms with Crippen LogP contribution in [0.1, 0.15) is 43.7 Å². The van der Waals surface area contributed by atoms with E-state index in [4.69, 9.17) is 5.73 Å². The Labute approximate surface area is 113 Å². The molecule has 4 heteroatoms. The number of nitrogen functional groups attached to an aromatic ring is 1. The van der Waals surface area contributed by atoms with Crippen LogP contribution >= 0.6 is 0 Å². The molecule has 1 saturated carbocycles. The number of aliphatic hydroxyl groups is 1. The molecule has 0 radical (unpaired) electrons.